The lowest BCUT2D eigenvalue weighted by atomic mass is 9.59. The van der Waals surface area contributed by atoms with Gasteiger partial charge in [-0.3, -0.25) is 4.79 Å². The monoisotopic (exact) mass is 336 g/mol. The van der Waals surface area contributed by atoms with Crippen LogP contribution in [0, 0.1) is 17.3 Å². The Bertz CT molecular complexity index is 525. The van der Waals surface area contributed by atoms with Crippen LogP contribution in [-0.2, 0) is 9.53 Å². The Morgan fingerprint density at radius 3 is 2.91 bits per heavy atom. The number of carbonyl (C=O) groups is 1. The van der Waals surface area contributed by atoms with E-state index in [0.29, 0.717) is 11.3 Å². The minimum Gasteiger partial charge on any atom is -0.462 e. The van der Waals surface area contributed by atoms with E-state index in [2.05, 4.69) is 25.6 Å². The largest absolute Gasteiger partial charge is 0.462 e. The van der Waals surface area contributed by atoms with Crippen LogP contribution in [0.3, 0.4) is 0 Å². The molecule has 0 aromatic carbocycles. The van der Waals surface area contributed by atoms with E-state index in [0.717, 1.165) is 19.4 Å². The summed E-state index contributed by atoms with van der Waals surface area (Å²) < 4.78 is 5.89. The number of thioether (sulfide) groups is 1. The van der Waals surface area contributed by atoms with Gasteiger partial charge in [0.05, 0.1) is 19.6 Å². The first kappa shape index (κ1) is 16.0. The van der Waals surface area contributed by atoms with Gasteiger partial charge in [0.2, 0.25) is 0 Å². The van der Waals surface area contributed by atoms with E-state index in [1.165, 1.54) is 43.9 Å². The lowest BCUT2D eigenvalue weighted by molar-refractivity contribution is -0.899. The molecule has 4 atom stereocenters. The van der Waals surface area contributed by atoms with Crippen LogP contribution in [0.4, 0.5) is 0 Å². The highest BCUT2D eigenvalue weighted by Crippen LogP contribution is 2.54. The number of nitrogens with one attached hydrogen (secondary N) is 1. The van der Waals surface area contributed by atoms with Crippen LogP contribution < -0.4 is 4.90 Å². The molecule has 0 unspecified atom stereocenters. The van der Waals surface area contributed by atoms with Gasteiger partial charge in [0.25, 0.3) is 0 Å². The summed E-state index contributed by atoms with van der Waals surface area (Å²) in [5.74, 6) is 3.18. The number of hydrogen-bond acceptors (Lipinski definition) is 3. The van der Waals surface area contributed by atoms with E-state index >= 15 is 0 Å². The standard InChI is InChI=1S/C19H29NO2S/c1-13-4-3-5-19(2)11-17-14(10-16(13)19)15(18(21)22-17)12-20-6-8-23-9-7-20/h14-15,17H,3-12H2,1-2H3/p+1/t14-,15+,17-,19-/m1/s1. The summed E-state index contributed by atoms with van der Waals surface area (Å²) in [6.07, 6.45) is 6.21. The molecule has 4 aliphatic rings. The molecule has 0 bridgehead atoms. The second-order valence-corrected chi connectivity index (χ2v) is 9.62. The summed E-state index contributed by atoms with van der Waals surface area (Å²) in [5.41, 5.74) is 3.59. The maximum Gasteiger partial charge on any atom is 0.315 e. The van der Waals surface area contributed by atoms with Crippen LogP contribution in [0.1, 0.15) is 46.0 Å². The Kier molecular flexibility index (Phi) is 4.25. The lowest BCUT2D eigenvalue weighted by Crippen LogP contribution is -3.14. The average molecular weight is 337 g/mol. The molecule has 1 saturated carbocycles. The number of allylic oxidation sites excluding steroid dienone is 2. The molecule has 3 fully saturated rings. The Morgan fingerprint density at radius 1 is 1.35 bits per heavy atom. The summed E-state index contributed by atoms with van der Waals surface area (Å²) in [7, 11) is 0. The molecule has 3 nitrogen and oxygen atoms in total. The second-order valence-electron chi connectivity index (χ2n) is 8.39. The zero-order chi connectivity index (χ0) is 16.0. The van der Waals surface area contributed by atoms with Gasteiger partial charge < -0.3 is 9.64 Å². The van der Waals surface area contributed by atoms with Crippen molar-refractivity contribution in [1.29, 1.82) is 0 Å². The van der Waals surface area contributed by atoms with Crippen LogP contribution in [0.2, 0.25) is 0 Å². The average Bonchev–Trinajstić information content (AvgIpc) is 2.81. The number of rotatable bonds is 2. The molecule has 4 heteroatoms. The number of fused-ring (bicyclic) bond motifs is 2. The van der Waals surface area contributed by atoms with E-state index in [9.17, 15) is 4.79 Å². The fourth-order valence-electron chi connectivity index (χ4n) is 5.52. The number of carbonyl (C=O) groups excluding carboxylic acids is 1. The predicted molar refractivity (Wildman–Crippen MR) is 93.6 cm³/mol. The fraction of sp³-hybridized carbons (Fsp3) is 0.842. The van der Waals surface area contributed by atoms with Gasteiger partial charge >= 0.3 is 5.97 Å². The van der Waals surface area contributed by atoms with Crippen molar-refractivity contribution in [3.05, 3.63) is 11.1 Å². The molecule has 2 aliphatic carbocycles. The third-order valence-electron chi connectivity index (χ3n) is 6.89. The molecule has 1 N–H and O–H groups in total. The van der Waals surface area contributed by atoms with Gasteiger partial charge in [0.15, 0.2) is 0 Å². The SMILES string of the molecule is CC1=C2C[C@@H]3[C@H](C[NH+]4CCSCC4)C(=O)O[C@@H]3C[C@@]2(C)CCC1. The van der Waals surface area contributed by atoms with Crippen LogP contribution in [0.15, 0.2) is 11.1 Å². The first-order valence-corrected chi connectivity index (χ1v) is 10.5. The second kappa shape index (κ2) is 6.11. The third kappa shape index (κ3) is 2.86. The van der Waals surface area contributed by atoms with Crippen LogP contribution in [-0.4, -0.2) is 43.2 Å². The Balaban J connectivity index is 1.54. The molecule has 2 saturated heterocycles. The molecule has 2 aliphatic heterocycles. The van der Waals surface area contributed by atoms with Gasteiger partial charge in [0.1, 0.15) is 12.0 Å². The Morgan fingerprint density at radius 2 is 2.13 bits per heavy atom. The molecule has 0 aromatic heterocycles. The molecule has 23 heavy (non-hydrogen) atoms. The van der Waals surface area contributed by atoms with E-state index in [-0.39, 0.29) is 18.0 Å². The van der Waals surface area contributed by atoms with Gasteiger partial charge in [-0.05, 0) is 44.4 Å². The van der Waals surface area contributed by atoms with E-state index in [1.807, 2.05) is 0 Å². The van der Waals surface area contributed by atoms with Crippen LogP contribution >= 0.6 is 11.8 Å². The third-order valence-corrected chi connectivity index (χ3v) is 7.87. The van der Waals surface area contributed by atoms with Crippen molar-refractivity contribution in [3.8, 4) is 0 Å². The van der Waals surface area contributed by atoms with Gasteiger partial charge in [-0.15, -0.1) is 0 Å². The van der Waals surface area contributed by atoms with Gasteiger partial charge in [-0.25, -0.2) is 0 Å². The molecular formula is C19H30NO2S+. The molecule has 2 heterocycles. The number of esters is 1. The van der Waals surface area contributed by atoms with E-state index < -0.39 is 0 Å². The van der Waals surface area contributed by atoms with Crippen molar-refractivity contribution in [2.24, 2.45) is 17.3 Å². The number of ether oxygens (including phenoxy) is 1. The first-order valence-electron chi connectivity index (χ1n) is 9.38. The highest BCUT2D eigenvalue weighted by Gasteiger charge is 2.53. The van der Waals surface area contributed by atoms with Crippen molar-refractivity contribution in [2.45, 2.75) is 52.1 Å². The lowest BCUT2D eigenvalue weighted by Gasteiger charge is -2.45. The number of hydrogen-bond donors (Lipinski definition) is 1. The molecular weight excluding hydrogens is 306 g/mol. The zero-order valence-corrected chi connectivity index (χ0v) is 15.3. The van der Waals surface area contributed by atoms with Crippen molar-refractivity contribution in [3.63, 3.8) is 0 Å². The van der Waals surface area contributed by atoms with Gasteiger partial charge in [0, 0.05) is 17.4 Å². The first-order chi connectivity index (χ1) is 11.1. The minimum absolute atomic E-state index is 0.103. The van der Waals surface area contributed by atoms with Crippen molar-refractivity contribution in [1.82, 2.24) is 0 Å². The molecule has 0 radical (unpaired) electrons. The van der Waals surface area contributed by atoms with Crippen molar-refractivity contribution in [2.75, 3.05) is 31.1 Å². The smallest absolute Gasteiger partial charge is 0.315 e. The summed E-state index contributed by atoms with van der Waals surface area (Å²) in [4.78, 5) is 14.2. The summed E-state index contributed by atoms with van der Waals surface area (Å²) in [5, 5.41) is 0. The normalized spacial score (nSPS) is 41.5. The van der Waals surface area contributed by atoms with Crippen molar-refractivity contribution >= 4 is 17.7 Å². The maximum atomic E-state index is 12.5. The molecule has 0 aromatic rings. The summed E-state index contributed by atoms with van der Waals surface area (Å²) in [6, 6.07) is 0. The van der Waals surface area contributed by atoms with Crippen LogP contribution in [0.5, 0.6) is 0 Å². The molecule has 4 rings (SSSR count). The quantitative estimate of drug-likeness (QED) is 0.619. The maximum absolute atomic E-state index is 12.5. The fourth-order valence-corrected chi connectivity index (χ4v) is 6.59. The summed E-state index contributed by atoms with van der Waals surface area (Å²) >= 11 is 2.05. The van der Waals surface area contributed by atoms with Gasteiger partial charge in [-0.1, -0.05) is 18.1 Å². The molecule has 128 valence electrons. The van der Waals surface area contributed by atoms with Crippen LogP contribution in [0.25, 0.3) is 0 Å². The van der Waals surface area contributed by atoms with E-state index in [1.54, 1.807) is 16.0 Å². The van der Waals surface area contributed by atoms with Gasteiger partial charge in [-0.2, -0.15) is 11.8 Å². The predicted octanol–water partition coefficient (Wildman–Crippen LogP) is 2.08. The number of quaternary nitrogens is 1. The Labute approximate surface area is 144 Å². The highest BCUT2D eigenvalue weighted by molar-refractivity contribution is 7.99. The topological polar surface area (TPSA) is 30.7 Å². The Hall–Kier alpha value is -0.480. The molecule has 0 amide bonds. The van der Waals surface area contributed by atoms with E-state index in [4.69, 9.17) is 4.74 Å². The van der Waals surface area contributed by atoms with Crippen molar-refractivity contribution < 1.29 is 14.4 Å². The molecule has 0 spiro atoms. The summed E-state index contributed by atoms with van der Waals surface area (Å²) in [6.45, 7) is 8.17. The minimum atomic E-state index is 0.103. The zero-order valence-electron chi connectivity index (χ0n) is 14.5. The highest BCUT2D eigenvalue weighted by atomic mass is 32.2.